The van der Waals surface area contributed by atoms with Crippen molar-refractivity contribution in [3.05, 3.63) is 5.82 Å². The fourth-order valence-electron chi connectivity index (χ4n) is 1.68. The fourth-order valence-corrected chi connectivity index (χ4v) is 2.44. The summed E-state index contributed by atoms with van der Waals surface area (Å²) in [7, 11) is 0. The number of hydrogen-bond acceptors (Lipinski definition) is 5. The van der Waals surface area contributed by atoms with Crippen molar-refractivity contribution in [3.63, 3.8) is 0 Å². The van der Waals surface area contributed by atoms with Crippen LogP contribution in [0.3, 0.4) is 0 Å². The summed E-state index contributed by atoms with van der Waals surface area (Å²) < 4.78 is 4.37. The minimum absolute atomic E-state index is 0.00392. The van der Waals surface area contributed by atoms with Gasteiger partial charge in [0.1, 0.15) is 5.82 Å². The van der Waals surface area contributed by atoms with E-state index < -0.39 is 0 Å². The molecule has 0 bridgehead atoms. The first-order chi connectivity index (χ1) is 8.08. The molecule has 18 heavy (non-hydrogen) atoms. The van der Waals surface area contributed by atoms with E-state index in [2.05, 4.69) is 56.2 Å². The predicted molar refractivity (Wildman–Crippen MR) is 79.1 cm³/mol. The van der Waals surface area contributed by atoms with E-state index in [1.165, 1.54) is 11.5 Å². The number of nitrogens with zero attached hydrogens (tertiary/aromatic N) is 2. The predicted octanol–water partition coefficient (Wildman–Crippen LogP) is 3.01. The second-order valence-electron chi connectivity index (χ2n) is 7.08. The minimum Gasteiger partial charge on any atom is -0.359 e. The van der Waals surface area contributed by atoms with Gasteiger partial charge in [-0.3, -0.25) is 0 Å². The van der Waals surface area contributed by atoms with Gasteiger partial charge in [0.2, 0.25) is 5.13 Å². The second kappa shape index (κ2) is 5.53. The fraction of sp³-hybridized carbons (Fsp3) is 0.846. The molecule has 0 amide bonds. The number of rotatable bonds is 4. The van der Waals surface area contributed by atoms with E-state index in [0.29, 0.717) is 0 Å². The first kappa shape index (κ1) is 15.4. The average molecular weight is 270 g/mol. The van der Waals surface area contributed by atoms with Gasteiger partial charge in [-0.25, -0.2) is 4.98 Å². The standard InChI is InChI=1S/C13H26N4S/c1-12(2,3)7-9(14)8-15-11-16-10(17-18-11)13(4,5)6/h9H,7-8,14H2,1-6H3,(H,15,16,17). The maximum Gasteiger partial charge on any atom is 0.202 e. The van der Waals surface area contributed by atoms with Crippen LogP contribution in [0.15, 0.2) is 0 Å². The van der Waals surface area contributed by atoms with E-state index in [4.69, 9.17) is 5.73 Å². The molecule has 0 fully saturated rings. The Morgan fingerprint density at radius 3 is 2.28 bits per heavy atom. The number of aromatic nitrogens is 2. The van der Waals surface area contributed by atoms with Crippen molar-refractivity contribution in [1.82, 2.24) is 9.36 Å². The van der Waals surface area contributed by atoms with Crippen molar-refractivity contribution in [2.24, 2.45) is 11.1 Å². The summed E-state index contributed by atoms with van der Waals surface area (Å²) in [6.07, 6.45) is 0.991. The minimum atomic E-state index is 0.00392. The molecule has 4 nitrogen and oxygen atoms in total. The number of nitrogens with two attached hydrogens (primary N) is 1. The molecule has 1 heterocycles. The van der Waals surface area contributed by atoms with Crippen molar-refractivity contribution >= 4 is 16.7 Å². The van der Waals surface area contributed by atoms with Crippen molar-refractivity contribution < 1.29 is 0 Å². The lowest BCUT2D eigenvalue weighted by molar-refractivity contribution is 0.345. The van der Waals surface area contributed by atoms with Gasteiger partial charge in [0, 0.05) is 29.5 Å². The van der Waals surface area contributed by atoms with Crippen LogP contribution in [0.25, 0.3) is 0 Å². The Morgan fingerprint density at radius 2 is 1.83 bits per heavy atom. The van der Waals surface area contributed by atoms with Crippen molar-refractivity contribution in [2.45, 2.75) is 59.4 Å². The maximum atomic E-state index is 6.09. The van der Waals surface area contributed by atoms with Crippen LogP contribution in [-0.2, 0) is 5.41 Å². The summed E-state index contributed by atoms with van der Waals surface area (Å²) in [5, 5.41) is 4.14. The van der Waals surface area contributed by atoms with Crippen LogP contribution in [0.4, 0.5) is 5.13 Å². The van der Waals surface area contributed by atoms with Gasteiger partial charge in [-0.2, -0.15) is 4.37 Å². The van der Waals surface area contributed by atoms with Crippen LogP contribution < -0.4 is 11.1 Å². The molecule has 0 aliphatic carbocycles. The van der Waals surface area contributed by atoms with Gasteiger partial charge < -0.3 is 11.1 Å². The number of anilines is 1. The summed E-state index contributed by atoms with van der Waals surface area (Å²) >= 11 is 1.41. The van der Waals surface area contributed by atoms with E-state index in [9.17, 15) is 0 Å². The molecule has 1 atom stereocenters. The zero-order valence-electron chi connectivity index (χ0n) is 12.4. The Bertz CT molecular complexity index is 373. The summed E-state index contributed by atoms with van der Waals surface area (Å²) in [4.78, 5) is 4.49. The maximum absolute atomic E-state index is 6.09. The molecular weight excluding hydrogens is 244 g/mol. The lowest BCUT2D eigenvalue weighted by Crippen LogP contribution is -2.33. The SMILES string of the molecule is CC(C)(C)CC(N)CNc1nc(C(C)(C)C)ns1. The molecule has 1 rings (SSSR count). The van der Waals surface area contributed by atoms with Crippen molar-refractivity contribution in [1.29, 1.82) is 0 Å². The van der Waals surface area contributed by atoms with E-state index >= 15 is 0 Å². The third-order valence-corrected chi connectivity index (χ3v) is 3.16. The Kier molecular flexibility index (Phi) is 4.72. The lowest BCUT2D eigenvalue weighted by Gasteiger charge is -2.23. The van der Waals surface area contributed by atoms with Gasteiger partial charge in [-0.1, -0.05) is 41.5 Å². The normalized spacial score (nSPS) is 14.6. The van der Waals surface area contributed by atoms with Gasteiger partial charge >= 0.3 is 0 Å². The summed E-state index contributed by atoms with van der Waals surface area (Å²) in [6.45, 7) is 13.7. The van der Waals surface area contributed by atoms with Crippen molar-refractivity contribution in [2.75, 3.05) is 11.9 Å². The van der Waals surface area contributed by atoms with E-state index in [0.717, 1.165) is 23.9 Å². The highest BCUT2D eigenvalue weighted by atomic mass is 32.1. The average Bonchev–Trinajstić information content (AvgIpc) is 2.59. The largest absolute Gasteiger partial charge is 0.359 e. The molecule has 0 radical (unpaired) electrons. The molecule has 0 aliphatic heterocycles. The van der Waals surface area contributed by atoms with Gasteiger partial charge in [-0.15, -0.1) is 0 Å². The lowest BCUT2D eigenvalue weighted by atomic mass is 9.88. The zero-order chi connectivity index (χ0) is 14.0. The van der Waals surface area contributed by atoms with Gasteiger partial charge in [0.05, 0.1) is 0 Å². The van der Waals surface area contributed by atoms with E-state index in [1.807, 2.05) is 0 Å². The Labute approximate surface area is 115 Å². The Balaban J connectivity index is 2.47. The number of nitrogens with one attached hydrogen (secondary N) is 1. The molecule has 1 aromatic heterocycles. The smallest absolute Gasteiger partial charge is 0.202 e. The van der Waals surface area contributed by atoms with Gasteiger partial charge in [-0.05, 0) is 11.8 Å². The van der Waals surface area contributed by atoms with Crippen molar-refractivity contribution in [3.8, 4) is 0 Å². The molecule has 0 aromatic carbocycles. The monoisotopic (exact) mass is 270 g/mol. The molecule has 104 valence electrons. The quantitative estimate of drug-likeness (QED) is 0.883. The molecule has 5 heteroatoms. The molecule has 1 aromatic rings. The van der Waals surface area contributed by atoms with E-state index in [1.54, 1.807) is 0 Å². The van der Waals surface area contributed by atoms with Gasteiger partial charge in [0.25, 0.3) is 0 Å². The van der Waals surface area contributed by atoms with Crippen LogP contribution in [0, 0.1) is 5.41 Å². The highest BCUT2D eigenvalue weighted by Gasteiger charge is 2.20. The third kappa shape index (κ3) is 5.31. The molecule has 1 unspecified atom stereocenters. The Morgan fingerprint density at radius 1 is 1.22 bits per heavy atom. The second-order valence-corrected chi connectivity index (χ2v) is 7.83. The molecule has 0 aliphatic rings. The van der Waals surface area contributed by atoms with Crippen LogP contribution in [0.1, 0.15) is 53.8 Å². The first-order valence-corrected chi connectivity index (χ1v) is 7.19. The van der Waals surface area contributed by atoms with Crippen LogP contribution in [0.2, 0.25) is 0 Å². The highest BCUT2D eigenvalue weighted by Crippen LogP contribution is 2.23. The molecule has 0 spiro atoms. The summed E-state index contributed by atoms with van der Waals surface area (Å²) in [6, 6.07) is 0.145. The summed E-state index contributed by atoms with van der Waals surface area (Å²) in [5.74, 6) is 0.888. The molecule has 3 N–H and O–H groups in total. The molecular formula is C13H26N4S. The topological polar surface area (TPSA) is 63.8 Å². The van der Waals surface area contributed by atoms with Gasteiger partial charge in [0.15, 0.2) is 0 Å². The first-order valence-electron chi connectivity index (χ1n) is 6.41. The summed E-state index contributed by atoms with van der Waals surface area (Å²) in [5.41, 5.74) is 6.36. The molecule has 0 saturated heterocycles. The van der Waals surface area contributed by atoms with Crippen LogP contribution in [0.5, 0.6) is 0 Å². The zero-order valence-corrected chi connectivity index (χ0v) is 13.2. The van der Waals surface area contributed by atoms with Crippen LogP contribution >= 0.6 is 11.5 Å². The van der Waals surface area contributed by atoms with E-state index in [-0.39, 0.29) is 16.9 Å². The number of hydrogen-bond donors (Lipinski definition) is 2. The Hall–Kier alpha value is -0.680. The third-order valence-electron chi connectivity index (χ3n) is 2.49. The molecule has 0 saturated carbocycles. The van der Waals surface area contributed by atoms with Crippen LogP contribution in [-0.4, -0.2) is 21.9 Å². The highest BCUT2D eigenvalue weighted by molar-refractivity contribution is 7.09.